The largest absolute Gasteiger partial charge is 0.465 e. The standard InChI is InChI=1S/C19H16ClFO4/c1-2-24-19(23)18-12(17-13(20)5-3-6-14(17)21)9-11(10-15(18)22)16-7-4-8-25-16/h3-8,10,12,18H,2,9H2,1H3/t12-,18-/m1/s1. The zero-order valence-corrected chi connectivity index (χ0v) is 14.3. The van der Waals surface area contributed by atoms with Gasteiger partial charge in [-0.3, -0.25) is 9.59 Å². The number of hydrogen-bond acceptors (Lipinski definition) is 4. The van der Waals surface area contributed by atoms with Crippen molar-refractivity contribution in [3.05, 3.63) is 64.8 Å². The van der Waals surface area contributed by atoms with E-state index in [9.17, 15) is 14.0 Å². The van der Waals surface area contributed by atoms with Gasteiger partial charge < -0.3 is 9.15 Å². The second kappa shape index (κ2) is 7.23. The Kier molecular flexibility index (Phi) is 5.04. The summed E-state index contributed by atoms with van der Waals surface area (Å²) in [6.45, 7) is 1.79. The Morgan fingerprint density at radius 3 is 2.80 bits per heavy atom. The van der Waals surface area contributed by atoms with Crippen LogP contribution >= 0.6 is 11.6 Å². The number of ether oxygens (including phenoxy) is 1. The number of hydrogen-bond donors (Lipinski definition) is 0. The van der Waals surface area contributed by atoms with E-state index in [0.29, 0.717) is 11.3 Å². The zero-order chi connectivity index (χ0) is 18.0. The van der Waals surface area contributed by atoms with Crippen molar-refractivity contribution in [3.63, 3.8) is 0 Å². The molecule has 0 fully saturated rings. The van der Waals surface area contributed by atoms with Gasteiger partial charge in [0.05, 0.1) is 12.9 Å². The van der Waals surface area contributed by atoms with Crippen LogP contribution in [-0.2, 0) is 14.3 Å². The summed E-state index contributed by atoms with van der Waals surface area (Å²) < 4.78 is 24.8. The molecule has 0 amide bonds. The molecule has 2 aromatic rings. The van der Waals surface area contributed by atoms with Crippen LogP contribution < -0.4 is 0 Å². The molecule has 4 nitrogen and oxygen atoms in total. The molecule has 0 N–H and O–H groups in total. The van der Waals surface area contributed by atoms with Gasteiger partial charge >= 0.3 is 5.97 Å². The number of halogens is 2. The van der Waals surface area contributed by atoms with Crippen LogP contribution in [-0.4, -0.2) is 18.4 Å². The zero-order valence-electron chi connectivity index (χ0n) is 13.5. The Morgan fingerprint density at radius 1 is 1.36 bits per heavy atom. The van der Waals surface area contributed by atoms with Crippen LogP contribution in [0.25, 0.3) is 5.57 Å². The summed E-state index contributed by atoms with van der Waals surface area (Å²) in [5, 5.41) is 0.174. The summed E-state index contributed by atoms with van der Waals surface area (Å²) in [6.07, 6.45) is 3.10. The number of carbonyl (C=O) groups excluding carboxylic acids is 2. The fraction of sp³-hybridized carbons (Fsp3) is 0.263. The van der Waals surface area contributed by atoms with Crippen LogP contribution in [0.15, 0.2) is 47.1 Å². The molecule has 1 aliphatic carbocycles. The average molecular weight is 363 g/mol. The first-order chi connectivity index (χ1) is 12.0. The van der Waals surface area contributed by atoms with E-state index < -0.39 is 29.4 Å². The van der Waals surface area contributed by atoms with Crippen molar-refractivity contribution >= 4 is 28.9 Å². The van der Waals surface area contributed by atoms with E-state index in [1.165, 1.54) is 30.5 Å². The van der Waals surface area contributed by atoms with E-state index in [1.54, 1.807) is 19.1 Å². The first-order valence-electron chi connectivity index (χ1n) is 7.91. The maximum Gasteiger partial charge on any atom is 0.317 e. The number of furan rings is 1. The van der Waals surface area contributed by atoms with E-state index in [1.807, 2.05) is 0 Å². The van der Waals surface area contributed by atoms with E-state index in [2.05, 4.69) is 0 Å². The van der Waals surface area contributed by atoms with Crippen molar-refractivity contribution in [3.8, 4) is 0 Å². The lowest BCUT2D eigenvalue weighted by Crippen LogP contribution is -2.34. The molecule has 0 spiro atoms. The Balaban J connectivity index is 2.09. The molecule has 1 aromatic carbocycles. The van der Waals surface area contributed by atoms with Gasteiger partial charge in [0.1, 0.15) is 17.5 Å². The molecule has 2 atom stereocenters. The lowest BCUT2D eigenvalue weighted by atomic mass is 9.74. The van der Waals surface area contributed by atoms with Gasteiger partial charge in [-0.25, -0.2) is 4.39 Å². The minimum absolute atomic E-state index is 0.134. The third-order valence-electron chi connectivity index (χ3n) is 4.21. The van der Waals surface area contributed by atoms with Gasteiger partial charge in [-0.1, -0.05) is 17.7 Å². The lowest BCUT2D eigenvalue weighted by Gasteiger charge is -2.29. The monoisotopic (exact) mass is 362 g/mol. The first-order valence-corrected chi connectivity index (χ1v) is 8.29. The summed E-state index contributed by atoms with van der Waals surface area (Å²) in [5.41, 5.74) is 0.743. The van der Waals surface area contributed by atoms with Crippen LogP contribution in [0, 0.1) is 11.7 Å². The molecule has 0 radical (unpaired) electrons. The summed E-state index contributed by atoms with van der Waals surface area (Å²) in [5.74, 6) is -3.06. The highest BCUT2D eigenvalue weighted by atomic mass is 35.5. The maximum atomic E-state index is 14.5. The van der Waals surface area contributed by atoms with Gasteiger partial charge in [0.15, 0.2) is 5.78 Å². The van der Waals surface area contributed by atoms with Crippen LogP contribution in [0.5, 0.6) is 0 Å². The number of ketones is 1. The van der Waals surface area contributed by atoms with Gasteiger partial charge in [0, 0.05) is 16.5 Å². The van der Waals surface area contributed by atoms with E-state index >= 15 is 0 Å². The molecule has 0 bridgehead atoms. The van der Waals surface area contributed by atoms with Crippen molar-refractivity contribution in [2.24, 2.45) is 5.92 Å². The summed E-state index contributed by atoms with van der Waals surface area (Å²) in [4.78, 5) is 25.0. The van der Waals surface area contributed by atoms with Crippen LogP contribution in [0.4, 0.5) is 4.39 Å². The number of esters is 1. The molecular weight excluding hydrogens is 347 g/mol. The Bertz CT molecular complexity index is 806. The van der Waals surface area contributed by atoms with E-state index in [4.69, 9.17) is 20.8 Å². The fourth-order valence-electron chi connectivity index (χ4n) is 3.15. The molecular formula is C19H16ClFO4. The summed E-state index contributed by atoms with van der Waals surface area (Å²) in [7, 11) is 0. The molecule has 3 rings (SSSR count). The Hall–Kier alpha value is -2.40. The molecule has 25 heavy (non-hydrogen) atoms. The van der Waals surface area contributed by atoms with Crippen molar-refractivity contribution in [2.45, 2.75) is 19.3 Å². The lowest BCUT2D eigenvalue weighted by molar-refractivity contribution is -0.151. The van der Waals surface area contributed by atoms with Crippen molar-refractivity contribution in [1.29, 1.82) is 0 Å². The van der Waals surface area contributed by atoms with E-state index in [-0.39, 0.29) is 23.6 Å². The van der Waals surface area contributed by atoms with Gasteiger partial charge in [-0.05, 0) is 49.3 Å². The predicted octanol–water partition coefficient (Wildman–Crippen LogP) is 4.39. The van der Waals surface area contributed by atoms with Gasteiger partial charge in [0.2, 0.25) is 0 Å². The molecule has 1 aliphatic rings. The smallest absolute Gasteiger partial charge is 0.317 e. The third-order valence-corrected chi connectivity index (χ3v) is 4.54. The summed E-state index contributed by atoms with van der Waals surface area (Å²) in [6, 6.07) is 7.69. The average Bonchev–Trinajstić information content (AvgIpc) is 3.09. The molecule has 1 heterocycles. The number of rotatable bonds is 4. The van der Waals surface area contributed by atoms with Crippen molar-refractivity contribution in [1.82, 2.24) is 0 Å². The second-order valence-electron chi connectivity index (χ2n) is 5.72. The molecule has 6 heteroatoms. The minimum Gasteiger partial charge on any atom is -0.465 e. The van der Waals surface area contributed by atoms with Gasteiger partial charge in [0.25, 0.3) is 0 Å². The summed E-state index contributed by atoms with van der Waals surface area (Å²) >= 11 is 6.18. The molecule has 0 aliphatic heterocycles. The molecule has 0 saturated carbocycles. The van der Waals surface area contributed by atoms with Crippen molar-refractivity contribution in [2.75, 3.05) is 6.61 Å². The fourth-order valence-corrected chi connectivity index (χ4v) is 3.46. The van der Waals surface area contributed by atoms with Gasteiger partial charge in [-0.2, -0.15) is 0 Å². The topological polar surface area (TPSA) is 56.5 Å². The third kappa shape index (κ3) is 3.37. The highest BCUT2D eigenvalue weighted by molar-refractivity contribution is 6.31. The highest BCUT2D eigenvalue weighted by Crippen LogP contribution is 2.43. The normalized spacial score (nSPS) is 20.3. The maximum absolute atomic E-state index is 14.5. The minimum atomic E-state index is -1.13. The van der Waals surface area contributed by atoms with E-state index in [0.717, 1.165) is 0 Å². The van der Waals surface area contributed by atoms with Crippen LogP contribution in [0.1, 0.15) is 30.6 Å². The first kappa shape index (κ1) is 17.4. The molecule has 0 saturated heterocycles. The van der Waals surface area contributed by atoms with Crippen LogP contribution in [0.2, 0.25) is 5.02 Å². The quantitative estimate of drug-likeness (QED) is 0.598. The number of carbonyl (C=O) groups is 2. The molecule has 0 unspecified atom stereocenters. The van der Waals surface area contributed by atoms with Crippen molar-refractivity contribution < 1.29 is 23.1 Å². The predicted molar refractivity (Wildman–Crippen MR) is 90.6 cm³/mol. The number of allylic oxidation sites excluding steroid dienone is 2. The number of benzene rings is 1. The Morgan fingerprint density at radius 2 is 2.16 bits per heavy atom. The second-order valence-corrected chi connectivity index (χ2v) is 6.13. The Labute approximate surface area is 149 Å². The highest BCUT2D eigenvalue weighted by Gasteiger charge is 2.42. The molecule has 1 aromatic heterocycles. The van der Waals surface area contributed by atoms with Crippen LogP contribution in [0.3, 0.4) is 0 Å². The van der Waals surface area contributed by atoms with Gasteiger partial charge in [-0.15, -0.1) is 0 Å². The molecule has 130 valence electrons. The SMILES string of the molecule is CCOC(=O)[C@H]1C(=O)C=C(c2ccco2)C[C@@H]1c1c(F)cccc1Cl.